The van der Waals surface area contributed by atoms with E-state index >= 15 is 0 Å². The van der Waals surface area contributed by atoms with Gasteiger partial charge in [0.2, 0.25) is 0 Å². The average molecular weight is 324 g/mol. The number of carbonyl (C=O) groups is 1. The highest BCUT2D eigenvalue weighted by atomic mass is 79.9. The average Bonchev–Trinajstić information content (AvgIpc) is 2.99. The highest BCUT2D eigenvalue weighted by Crippen LogP contribution is 2.22. The highest BCUT2D eigenvalue weighted by molar-refractivity contribution is 9.10. The number of carboxylic acid groups (broad SMARTS) is 1. The molecule has 5 nitrogen and oxygen atoms in total. The van der Waals surface area contributed by atoms with Gasteiger partial charge in [-0.1, -0.05) is 0 Å². The molecule has 6 heteroatoms. The lowest BCUT2D eigenvalue weighted by atomic mass is 10.1. The predicted octanol–water partition coefficient (Wildman–Crippen LogP) is 2.09. The van der Waals surface area contributed by atoms with Gasteiger partial charge in [-0.2, -0.15) is 0 Å². The Kier molecular flexibility index (Phi) is 3.28. The van der Waals surface area contributed by atoms with Gasteiger partial charge in [0.15, 0.2) is 0 Å². The van der Waals surface area contributed by atoms with Crippen molar-refractivity contribution in [3.63, 3.8) is 0 Å². The Bertz CT molecular complexity index is 632. The molecule has 19 heavy (non-hydrogen) atoms. The van der Waals surface area contributed by atoms with Crippen molar-refractivity contribution in [3.05, 3.63) is 34.3 Å². The van der Waals surface area contributed by atoms with Crippen molar-refractivity contribution in [2.45, 2.75) is 25.3 Å². The number of aromatic carboxylic acids is 1. The zero-order valence-corrected chi connectivity index (χ0v) is 11.9. The molecular weight excluding hydrogens is 310 g/mol. The van der Waals surface area contributed by atoms with Crippen molar-refractivity contribution in [2.75, 3.05) is 6.54 Å². The van der Waals surface area contributed by atoms with Crippen LogP contribution in [-0.2, 0) is 6.42 Å². The summed E-state index contributed by atoms with van der Waals surface area (Å²) < 4.78 is 2.63. The Balaban J connectivity index is 2.02. The summed E-state index contributed by atoms with van der Waals surface area (Å²) in [4.78, 5) is 15.5. The second kappa shape index (κ2) is 4.94. The van der Waals surface area contributed by atoms with Gasteiger partial charge >= 0.3 is 5.97 Å². The van der Waals surface area contributed by atoms with Gasteiger partial charge in [0, 0.05) is 18.7 Å². The molecule has 0 saturated carbocycles. The first-order valence-electron chi connectivity index (χ1n) is 6.28. The zero-order chi connectivity index (χ0) is 13.4. The lowest BCUT2D eigenvalue weighted by Crippen LogP contribution is -2.24. The molecule has 1 aliphatic rings. The second-order valence-electron chi connectivity index (χ2n) is 4.79. The van der Waals surface area contributed by atoms with E-state index in [1.165, 1.54) is 6.42 Å². The van der Waals surface area contributed by atoms with E-state index in [0.29, 0.717) is 6.04 Å². The van der Waals surface area contributed by atoms with E-state index in [-0.39, 0.29) is 5.56 Å². The zero-order valence-electron chi connectivity index (χ0n) is 10.3. The van der Waals surface area contributed by atoms with Crippen LogP contribution in [0, 0.1) is 0 Å². The molecule has 0 spiro atoms. The molecule has 2 N–H and O–H groups in total. The van der Waals surface area contributed by atoms with Crippen molar-refractivity contribution >= 4 is 27.4 Å². The molecule has 100 valence electrons. The fraction of sp³-hybridized carbons (Fsp3) is 0.385. The lowest BCUT2D eigenvalue weighted by Gasteiger charge is -2.09. The van der Waals surface area contributed by atoms with E-state index < -0.39 is 5.97 Å². The number of carboxylic acids is 1. The first-order valence-corrected chi connectivity index (χ1v) is 7.07. The van der Waals surface area contributed by atoms with Gasteiger partial charge in [-0.3, -0.25) is 0 Å². The number of pyridine rings is 1. The minimum absolute atomic E-state index is 0.276. The lowest BCUT2D eigenvalue weighted by molar-refractivity contribution is 0.0696. The van der Waals surface area contributed by atoms with E-state index in [0.717, 1.165) is 35.3 Å². The standard InChI is InChI=1S/C13H14BrN3O2/c14-12-10-4-3-8(13(18)19)7-17(10)11(16-12)6-9-2-1-5-15-9/h3-4,7,9,15H,1-2,5-6H2,(H,18,19). The van der Waals surface area contributed by atoms with Crippen LogP contribution in [0.4, 0.5) is 0 Å². The van der Waals surface area contributed by atoms with Gasteiger partial charge in [-0.05, 0) is 47.4 Å². The van der Waals surface area contributed by atoms with Crippen LogP contribution in [0.2, 0.25) is 0 Å². The summed E-state index contributed by atoms with van der Waals surface area (Å²) in [5, 5.41) is 12.5. The molecule has 1 saturated heterocycles. The largest absolute Gasteiger partial charge is 0.478 e. The summed E-state index contributed by atoms with van der Waals surface area (Å²) in [6, 6.07) is 3.82. The minimum atomic E-state index is -0.920. The van der Waals surface area contributed by atoms with Crippen LogP contribution < -0.4 is 5.32 Å². The predicted molar refractivity (Wildman–Crippen MR) is 74.6 cm³/mol. The molecule has 3 heterocycles. The highest BCUT2D eigenvalue weighted by Gasteiger charge is 2.19. The SMILES string of the molecule is O=C(O)c1ccc2c(Br)nc(CC3CCCN3)n2c1. The maximum Gasteiger partial charge on any atom is 0.337 e. The van der Waals surface area contributed by atoms with Crippen molar-refractivity contribution in [2.24, 2.45) is 0 Å². The fourth-order valence-electron chi connectivity index (χ4n) is 2.53. The third kappa shape index (κ3) is 2.37. The number of nitrogens with zero attached hydrogens (tertiary/aromatic N) is 2. The van der Waals surface area contributed by atoms with E-state index in [9.17, 15) is 4.79 Å². The minimum Gasteiger partial charge on any atom is -0.478 e. The molecule has 2 aromatic heterocycles. The molecule has 0 aliphatic carbocycles. The van der Waals surface area contributed by atoms with E-state index in [1.807, 2.05) is 4.40 Å². The number of imidazole rings is 1. The topological polar surface area (TPSA) is 66.6 Å². The molecule has 0 amide bonds. The summed E-state index contributed by atoms with van der Waals surface area (Å²) in [7, 11) is 0. The molecule has 0 bridgehead atoms. The molecule has 3 rings (SSSR count). The molecule has 1 unspecified atom stereocenters. The number of aromatic nitrogens is 2. The van der Waals surface area contributed by atoms with Gasteiger partial charge in [0.05, 0.1) is 11.1 Å². The maximum absolute atomic E-state index is 11.0. The Morgan fingerprint density at radius 2 is 2.42 bits per heavy atom. The van der Waals surface area contributed by atoms with Crippen molar-refractivity contribution in [3.8, 4) is 0 Å². The Hall–Kier alpha value is -1.40. The van der Waals surface area contributed by atoms with Crippen LogP contribution in [0.3, 0.4) is 0 Å². The quantitative estimate of drug-likeness (QED) is 0.907. The van der Waals surface area contributed by atoms with Gasteiger partial charge in [-0.15, -0.1) is 0 Å². The molecule has 0 radical (unpaired) electrons. The fourth-order valence-corrected chi connectivity index (χ4v) is 3.06. The van der Waals surface area contributed by atoms with Crippen molar-refractivity contribution < 1.29 is 9.90 Å². The van der Waals surface area contributed by atoms with Crippen molar-refractivity contribution in [1.82, 2.24) is 14.7 Å². The smallest absolute Gasteiger partial charge is 0.337 e. The number of fused-ring (bicyclic) bond motifs is 1. The molecule has 1 atom stereocenters. The van der Waals surface area contributed by atoms with Crippen LogP contribution in [0.25, 0.3) is 5.52 Å². The summed E-state index contributed by atoms with van der Waals surface area (Å²) >= 11 is 3.43. The van der Waals surface area contributed by atoms with E-state index in [4.69, 9.17) is 5.11 Å². The summed E-state index contributed by atoms with van der Waals surface area (Å²) in [6.45, 7) is 1.05. The normalized spacial score (nSPS) is 19.1. The van der Waals surface area contributed by atoms with Crippen LogP contribution in [-0.4, -0.2) is 33.0 Å². The number of hydrogen-bond acceptors (Lipinski definition) is 3. The van der Waals surface area contributed by atoms with E-state index in [2.05, 4.69) is 26.2 Å². The van der Waals surface area contributed by atoms with Gasteiger partial charge < -0.3 is 14.8 Å². The second-order valence-corrected chi connectivity index (χ2v) is 5.55. The number of rotatable bonds is 3. The van der Waals surface area contributed by atoms with Crippen LogP contribution in [0.15, 0.2) is 22.9 Å². The van der Waals surface area contributed by atoms with Gasteiger partial charge in [0.25, 0.3) is 0 Å². The monoisotopic (exact) mass is 323 g/mol. The first kappa shape index (κ1) is 12.6. The van der Waals surface area contributed by atoms with Crippen LogP contribution in [0.1, 0.15) is 29.0 Å². The summed E-state index contributed by atoms with van der Waals surface area (Å²) in [5.41, 5.74) is 1.18. The molecule has 2 aromatic rings. The van der Waals surface area contributed by atoms with Gasteiger partial charge in [-0.25, -0.2) is 9.78 Å². The number of hydrogen-bond donors (Lipinski definition) is 2. The number of nitrogens with one attached hydrogen (secondary N) is 1. The molecular formula is C13H14BrN3O2. The van der Waals surface area contributed by atoms with Gasteiger partial charge in [0.1, 0.15) is 10.4 Å². The first-order chi connectivity index (χ1) is 9.15. The van der Waals surface area contributed by atoms with E-state index in [1.54, 1.807) is 18.3 Å². The third-order valence-corrected chi connectivity index (χ3v) is 4.09. The van der Waals surface area contributed by atoms with Crippen LogP contribution >= 0.6 is 15.9 Å². The molecule has 0 aromatic carbocycles. The number of halogens is 1. The Morgan fingerprint density at radius 3 is 3.11 bits per heavy atom. The third-order valence-electron chi connectivity index (χ3n) is 3.50. The Morgan fingerprint density at radius 1 is 1.58 bits per heavy atom. The van der Waals surface area contributed by atoms with Crippen LogP contribution in [0.5, 0.6) is 0 Å². The molecule has 1 fully saturated rings. The molecule has 1 aliphatic heterocycles. The van der Waals surface area contributed by atoms with Crippen molar-refractivity contribution in [1.29, 1.82) is 0 Å². The summed E-state index contributed by atoms with van der Waals surface area (Å²) in [5.74, 6) is -0.0268. The maximum atomic E-state index is 11.0. The Labute approximate surface area is 118 Å². The summed E-state index contributed by atoms with van der Waals surface area (Å²) in [6.07, 6.45) is 4.79.